The molecule has 2 aromatic heterocycles. The SMILES string of the molecule is Cl.Cl.c1ccc2c(NCCCCCCCCCCCCCCNc3c4ccccc4nc4ccccc34)c3ccccc3nc2c1. The van der Waals surface area contributed by atoms with E-state index < -0.39 is 0 Å². The first-order valence-corrected chi connectivity index (χ1v) is 16.9. The lowest BCUT2D eigenvalue weighted by Gasteiger charge is -2.13. The van der Waals surface area contributed by atoms with E-state index in [0.29, 0.717) is 0 Å². The minimum atomic E-state index is 0. The molecule has 0 fully saturated rings. The predicted octanol–water partition coefficient (Wildman–Crippen LogP) is 12.1. The van der Waals surface area contributed by atoms with Crippen LogP contribution in [0.2, 0.25) is 0 Å². The van der Waals surface area contributed by atoms with Crippen LogP contribution in [0.15, 0.2) is 97.1 Å². The predicted molar refractivity (Wildman–Crippen MR) is 205 cm³/mol. The van der Waals surface area contributed by atoms with Crippen molar-refractivity contribution < 1.29 is 0 Å². The van der Waals surface area contributed by atoms with E-state index in [9.17, 15) is 0 Å². The number of nitrogens with zero attached hydrogens (tertiary/aromatic N) is 2. The molecular weight excluding hydrogens is 607 g/mol. The maximum Gasteiger partial charge on any atom is 0.0730 e. The summed E-state index contributed by atoms with van der Waals surface area (Å²) in [6.07, 6.45) is 16.0. The molecule has 4 nitrogen and oxygen atoms in total. The van der Waals surface area contributed by atoms with Crippen molar-refractivity contribution in [1.82, 2.24) is 9.97 Å². The summed E-state index contributed by atoms with van der Waals surface area (Å²) in [6.45, 7) is 2.03. The van der Waals surface area contributed by atoms with Crippen molar-refractivity contribution in [2.24, 2.45) is 0 Å². The summed E-state index contributed by atoms with van der Waals surface area (Å²) in [5, 5.41) is 12.4. The topological polar surface area (TPSA) is 49.8 Å². The molecule has 0 spiro atoms. The van der Waals surface area contributed by atoms with Crippen molar-refractivity contribution in [1.29, 1.82) is 0 Å². The third-order valence-corrected chi connectivity index (χ3v) is 8.88. The van der Waals surface area contributed by atoms with Gasteiger partial charge in [0.05, 0.1) is 33.4 Å². The Labute approximate surface area is 286 Å². The number of aromatic nitrogens is 2. The summed E-state index contributed by atoms with van der Waals surface area (Å²) in [6, 6.07) is 33.9. The molecule has 6 rings (SSSR count). The largest absolute Gasteiger partial charge is 0.384 e. The number of nitrogens with one attached hydrogen (secondary N) is 2. The molecule has 0 bridgehead atoms. The molecule has 6 heteroatoms. The van der Waals surface area contributed by atoms with Gasteiger partial charge >= 0.3 is 0 Å². The monoisotopic (exact) mass is 654 g/mol. The average molecular weight is 656 g/mol. The van der Waals surface area contributed by atoms with Crippen molar-refractivity contribution in [3.63, 3.8) is 0 Å². The van der Waals surface area contributed by atoms with Crippen LogP contribution in [0.25, 0.3) is 43.6 Å². The number of rotatable bonds is 17. The minimum absolute atomic E-state index is 0. The van der Waals surface area contributed by atoms with E-state index in [0.717, 1.165) is 35.2 Å². The standard InChI is InChI=1S/C40H46N4.2ClH/c1(3-5-7-9-19-29-41-39-31-21-11-15-25-35(31)43-36-26-16-12-22-32(36)39)2-4-6-8-10-20-30-42-40-33-23-13-17-27-37(33)44-38-28-18-14-24-34(38)40;;/h11-18,21-28H,1-10,19-20,29-30H2,(H,41,43)(H,42,44);2*1H. The van der Waals surface area contributed by atoms with Crippen molar-refractivity contribution in [3.05, 3.63) is 97.1 Å². The fourth-order valence-corrected chi connectivity index (χ4v) is 6.51. The van der Waals surface area contributed by atoms with Crippen LogP contribution in [0.3, 0.4) is 0 Å². The van der Waals surface area contributed by atoms with Gasteiger partial charge in [0, 0.05) is 34.6 Å². The van der Waals surface area contributed by atoms with Gasteiger partial charge in [0.2, 0.25) is 0 Å². The zero-order valence-corrected chi connectivity index (χ0v) is 28.5. The third-order valence-electron chi connectivity index (χ3n) is 8.88. The fourth-order valence-electron chi connectivity index (χ4n) is 6.51. The Bertz CT molecular complexity index is 1560. The summed E-state index contributed by atoms with van der Waals surface area (Å²) < 4.78 is 0. The first-order valence-electron chi connectivity index (χ1n) is 16.9. The lowest BCUT2D eigenvalue weighted by Crippen LogP contribution is -2.03. The molecule has 0 atom stereocenters. The highest BCUT2D eigenvalue weighted by Crippen LogP contribution is 2.32. The van der Waals surface area contributed by atoms with Crippen LogP contribution >= 0.6 is 24.8 Å². The van der Waals surface area contributed by atoms with E-state index in [1.165, 1.54) is 110 Å². The summed E-state index contributed by atoms with van der Waals surface area (Å²) in [5.41, 5.74) is 6.73. The normalized spacial score (nSPS) is 11.0. The number of unbranched alkanes of at least 4 members (excludes halogenated alkanes) is 11. The second kappa shape index (κ2) is 18.5. The van der Waals surface area contributed by atoms with Gasteiger partial charge in [-0.05, 0) is 37.1 Å². The van der Waals surface area contributed by atoms with E-state index in [1.54, 1.807) is 0 Å². The molecule has 6 aromatic rings. The molecule has 2 N–H and O–H groups in total. The first-order chi connectivity index (χ1) is 21.9. The zero-order chi connectivity index (χ0) is 29.8. The maximum absolute atomic E-state index is 4.84. The Morgan fingerprint density at radius 2 is 0.565 bits per heavy atom. The summed E-state index contributed by atoms with van der Waals surface area (Å²) in [4.78, 5) is 9.68. The molecule has 0 aliphatic carbocycles. The Balaban J connectivity index is 0.00000240. The van der Waals surface area contributed by atoms with Crippen LogP contribution in [0.1, 0.15) is 77.0 Å². The summed E-state index contributed by atoms with van der Waals surface area (Å²) in [5.74, 6) is 0. The number of hydrogen-bond acceptors (Lipinski definition) is 4. The van der Waals surface area contributed by atoms with E-state index in [-0.39, 0.29) is 24.8 Å². The smallest absolute Gasteiger partial charge is 0.0730 e. The number of hydrogen-bond donors (Lipinski definition) is 2. The number of anilines is 2. The van der Waals surface area contributed by atoms with Crippen molar-refractivity contribution in [2.75, 3.05) is 23.7 Å². The van der Waals surface area contributed by atoms with Crippen molar-refractivity contribution in [2.45, 2.75) is 77.0 Å². The Hall–Kier alpha value is -3.60. The molecule has 2 heterocycles. The maximum atomic E-state index is 4.84. The van der Waals surface area contributed by atoms with Gasteiger partial charge in [0.25, 0.3) is 0 Å². The first kappa shape index (κ1) is 35.3. The molecule has 0 radical (unpaired) electrons. The zero-order valence-electron chi connectivity index (χ0n) is 26.8. The van der Waals surface area contributed by atoms with Gasteiger partial charge in [0.15, 0.2) is 0 Å². The van der Waals surface area contributed by atoms with Gasteiger partial charge in [0.1, 0.15) is 0 Å². The van der Waals surface area contributed by atoms with Crippen molar-refractivity contribution in [3.8, 4) is 0 Å². The number of benzene rings is 4. The van der Waals surface area contributed by atoms with Gasteiger partial charge in [-0.1, -0.05) is 137 Å². The Kier molecular flexibility index (Phi) is 14.2. The molecule has 0 aliphatic heterocycles. The van der Waals surface area contributed by atoms with E-state index in [4.69, 9.17) is 9.97 Å². The second-order valence-electron chi connectivity index (χ2n) is 12.1. The highest BCUT2D eigenvalue weighted by Gasteiger charge is 2.09. The van der Waals surface area contributed by atoms with Crippen LogP contribution in [-0.2, 0) is 0 Å². The molecule has 0 aliphatic rings. The van der Waals surface area contributed by atoms with Crippen LogP contribution in [0.4, 0.5) is 11.4 Å². The number of fused-ring (bicyclic) bond motifs is 4. The summed E-state index contributed by atoms with van der Waals surface area (Å²) in [7, 11) is 0. The minimum Gasteiger partial charge on any atom is -0.384 e. The van der Waals surface area contributed by atoms with Crippen LogP contribution in [0, 0.1) is 0 Å². The average Bonchev–Trinajstić information content (AvgIpc) is 3.07. The Morgan fingerprint density at radius 3 is 0.848 bits per heavy atom. The van der Waals surface area contributed by atoms with Crippen LogP contribution in [-0.4, -0.2) is 23.1 Å². The fraction of sp³-hybridized carbons (Fsp3) is 0.350. The molecule has 4 aromatic carbocycles. The molecule has 0 saturated carbocycles. The van der Waals surface area contributed by atoms with Gasteiger partial charge in [-0.3, -0.25) is 0 Å². The molecule has 242 valence electrons. The lowest BCUT2D eigenvalue weighted by atomic mass is 10.0. The molecule has 46 heavy (non-hydrogen) atoms. The van der Waals surface area contributed by atoms with E-state index in [2.05, 4.69) is 108 Å². The number of halogens is 2. The van der Waals surface area contributed by atoms with Gasteiger partial charge in [-0.15, -0.1) is 24.8 Å². The van der Waals surface area contributed by atoms with Crippen LogP contribution < -0.4 is 10.6 Å². The second-order valence-corrected chi connectivity index (χ2v) is 12.1. The quantitative estimate of drug-likeness (QED) is 0.0758. The third kappa shape index (κ3) is 9.02. The molecule has 0 saturated heterocycles. The highest BCUT2D eigenvalue weighted by molar-refractivity contribution is 6.08. The summed E-state index contributed by atoms with van der Waals surface area (Å²) >= 11 is 0. The highest BCUT2D eigenvalue weighted by atomic mass is 35.5. The van der Waals surface area contributed by atoms with Crippen molar-refractivity contribution >= 4 is 79.8 Å². The Morgan fingerprint density at radius 1 is 0.326 bits per heavy atom. The van der Waals surface area contributed by atoms with E-state index >= 15 is 0 Å². The van der Waals surface area contributed by atoms with Crippen LogP contribution in [0.5, 0.6) is 0 Å². The van der Waals surface area contributed by atoms with Gasteiger partial charge in [-0.25, -0.2) is 9.97 Å². The number of pyridine rings is 2. The molecular formula is C40H48Cl2N4. The molecule has 0 amide bonds. The van der Waals surface area contributed by atoms with E-state index in [1.807, 2.05) is 0 Å². The van der Waals surface area contributed by atoms with Gasteiger partial charge < -0.3 is 10.6 Å². The molecule has 0 unspecified atom stereocenters. The lowest BCUT2D eigenvalue weighted by molar-refractivity contribution is 0.545. The number of para-hydroxylation sites is 4. The van der Waals surface area contributed by atoms with Gasteiger partial charge in [-0.2, -0.15) is 0 Å².